The second-order valence-corrected chi connectivity index (χ2v) is 5.19. The van der Waals surface area contributed by atoms with Crippen molar-refractivity contribution in [1.82, 2.24) is 14.9 Å². The Kier molecular flexibility index (Phi) is 4.50. The predicted molar refractivity (Wildman–Crippen MR) is 77.9 cm³/mol. The van der Waals surface area contributed by atoms with Gasteiger partial charge in [0.1, 0.15) is 5.75 Å². The summed E-state index contributed by atoms with van der Waals surface area (Å²) in [6, 6.07) is 6.29. The lowest BCUT2D eigenvalue weighted by molar-refractivity contribution is 0.405. The molecule has 0 aliphatic carbocycles. The molecule has 1 atom stereocenters. The molecular weight excluding hydrogens is 258 g/mol. The van der Waals surface area contributed by atoms with Gasteiger partial charge in [0.15, 0.2) is 0 Å². The third-order valence-corrected chi connectivity index (χ3v) is 4.00. The summed E-state index contributed by atoms with van der Waals surface area (Å²) >= 11 is 1.45. The van der Waals surface area contributed by atoms with E-state index in [1.807, 2.05) is 13.1 Å². The van der Waals surface area contributed by atoms with Crippen LogP contribution in [0.1, 0.15) is 34.7 Å². The van der Waals surface area contributed by atoms with Crippen molar-refractivity contribution in [3.63, 3.8) is 0 Å². The Morgan fingerprint density at radius 1 is 1.42 bits per heavy atom. The Morgan fingerprint density at radius 2 is 2.21 bits per heavy atom. The Labute approximate surface area is 118 Å². The van der Waals surface area contributed by atoms with Gasteiger partial charge in [-0.25, -0.2) is 0 Å². The van der Waals surface area contributed by atoms with E-state index in [2.05, 4.69) is 40.9 Å². The van der Waals surface area contributed by atoms with Crippen molar-refractivity contribution in [1.29, 1.82) is 0 Å². The van der Waals surface area contributed by atoms with Crippen LogP contribution in [-0.4, -0.2) is 23.7 Å². The second kappa shape index (κ2) is 6.12. The van der Waals surface area contributed by atoms with Crippen molar-refractivity contribution in [2.24, 2.45) is 0 Å². The van der Waals surface area contributed by atoms with Crippen LogP contribution in [0.5, 0.6) is 5.75 Å². The van der Waals surface area contributed by atoms with Gasteiger partial charge in [0.05, 0.1) is 23.7 Å². The van der Waals surface area contributed by atoms with Crippen LogP contribution in [0.3, 0.4) is 0 Å². The maximum atomic E-state index is 5.48. The van der Waals surface area contributed by atoms with Crippen LogP contribution >= 0.6 is 11.5 Å². The molecular formula is C14H19N3OS. The fourth-order valence-corrected chi connectivity index (χ4v) is 3.06. The molecule has 0 amide bonds. The number of aromatic nitrogens is 2. The van der Waals surface area contributed by atoms with E-state index >= 15 is 0 Å². The highest BCUT2D eigenvalue weighted by atomic mass is 32.1. The van der Waals surface area contributed by atoms with Crippen molar-refractivity contribution < 1.29 is 4.74 Å². The van der Waals surface area contributed by atoms with Crippen LogP contribution in [0.15, 0.2) is 18.2 Å². The average molecular weight is 277 g/mol. The molecule has 2 rings (SSSR count). The van der Waals surface area contributed by atoms with Gasteiger partial charge in [-0.1, -0.05) is 29.1 Å². The molecule has 0 spiro atoms. The highest BCUT2D eigenvalue weighted by molar-refractivity contribution is 7.05. The topological polar surface area (TPSA) is 47.0 Å². The number of ether oxygens (including phenoxy) is 1. The lowest BCUT2D eigenvalue weighted by Crippen LogP contribution is -2.19. The number of nitrogens with zero attached hydrogens (tertiary/aromatic N) is 2. The second-order valence-electron chi connectivity index (χ2n) is 4.40. The minimum atomic E-state index is 0.0739. The van der Waals surface area contributed by atoms with E-state index in [1.165, 1.54) is 17.1 Å². The van der Waals surface area contributed by atoms with Crippen LogP contribution in [0, 0.1) is 6.92 Å². The number of hydrogen-bond donors (Lipinski definition) is 1. The molecule has 0 saturated carbocycles. The quantitative estimate of drug-likeness (QED) is 0.913. The SMILES string of the molecule is CCc1nnsc1C(NC)c1cc(C)ccc1OC. The zero-order valence-electron chi connectivity index (χ0n) is 11.7. The van der Waals surface area contributed by atoms with E-state index in [-0.39, 0.29) is 6.04 Å². The van der Waals surface area contributed by atoms with E-state index in [4.69, 9.17) is 4.74 Å². The summed E-state index contributed by atoms with van der Waals surface area (Å²) in [6.45, 7) is 4.18. The molecule has 1 aromatic heterocycles. The van der Waals surface area contributed by atoms with Crippen LogP contribution in [0.25, 0.3) is 0 Å². The standard InChI is InChI=1S/C14H19N3OS/c1-5-11-14(19-17-16-11)13(15-3)10-8-9(2)6-7-12(10)18-4/h6-8,13,15H,5H2,1-4H3. The van der Waals surface area contributed by atoms with Crippen LogP contribution < -0.4 is 10.1 Å². The first-order valence-electron chi connectivity index (χ1n) is 6.34. The molecule has 1 aromatic carbocycles. The lowest BCUT2D eigenvalue weighted by atomic mass is 10.0. The monoisotopic (exact) mass is 277 g/mol. The van der Waals surface area contributed by atoms with Gasteiger partial charge < -0.3 is 10.1 Å². The Morgan fingerprint density at radius 3 is 2.84 bits per heavy atom. The van der Waals surface area contributed by atoms with Crippen molar-refractivity contribution in [2.75, 3.05) is 14.2 Å². The first-order valence-corrected chi connectivity index (χ1v) is 7.11. The van der Waals surface area contributed by atoms with Crippen molar-refractivity contribution in [3.05, 3.63) is 39.9 Å². The smallest absolute Gasteiger partial charge is 0.124 e. The molecule has 102 valence electrons. The fraction of sp³-hybridized carbons (Fsp3) is 0.429. The first-order chi connectivity index (χ1) is 9.21. The average Bonchev–Trinajstić information content (AvgIpc) is 2.88. The number of aryl methyl sites for hydroxylation is 2. The van der Waals surface area contributed by atoms with E-state index in [1.54, 1.807) is 7.11 Å². The molecule has 5 heteroatoms. The molecule has 1 heterocycles. The van der Waals surface area contributed by atoms with Gasteiger partial charge in [0, 0.05) is 5.56 Å². The maximum Gasteiger partial charge on any atom is 0.124 e. The Hall–Kier alpha value is -1.46. The Bertz CT molecular complexity index is 553. The fourth-order valence-electron chi connectivity index (χ4n) is 2.19. The molecule has 0 saturated heterocycles. The maximum absolute atomic E-state index is 5.48. The predicted octanol–water partition coefficient (Wildman–Crippen LogP) is 2.73. The minimum Gasteiger partial charge on any atom is -0.496 e. The summed E-state index contributed by atoms with van der Waals surface area (Å²) in [5, 5.41) is 7.54. The van der Waals surface area contributed by atoms with E-state index < -0.39 is 0 Å². The number of benzene rings is 1. The summed E-state index contributed by atoms with van der Waals surface area (Å²) in [4.78, 5) is 1.16. The van der Waals surface area contributed by atoms with E-state index in [0.717, 1.165) is 28.3 Å². The largest absolute Gasteiger partial charge is 0.496 e. The van der Waals surface area contributed by atoms with Gasteiger partial charge in [0.2, 0.25) is 0 Å². The zero-order chi connectivity index (χ0) is 13.8. The number of methoxy groups -OCH3 is 1. The van der Waals surface area contributed by atoms with Crippen molar-refractivity contribution in [2.45, 2.75) is 26.3 Å². The Balaban J connectivity index is 2.50. The van der Waals surface area contributed by atoms with Crippen molar-refractivity contribution >= 4 is 11.5 Å². The third kappa shape index (κ3) is 2.77. The lowest BCUT2D eigenvalue weighted by Gasteiger charge is -2.19. The highest BCUT2D eigenvalue weighted by Gasteiger charge is 2.22. The number of rotatable bonds is 5. The summed E-state index contributed by atoms with van der Waals surface area (Å²) in [5.41, 5.74) is 3.39. The van der Waals surface area contributed by atoms with Crippen molar-refractivity contribution in [3.8, 4) is 5.75 Å². The molecule has 2 aromatic rings. The molecule has 0 aliphatic heterocycles. The third-order valence-electron chi connectivity index (χ3n) is 3.17. The zero-order valence-corrected chi connectivity index (χ0v) is 12.5. The molecule has 0 bridgehead atoms. The molecule has 1 unspecified atom stereocenters. The molecule has 4 nitrogen and oxygen atoms in total. The van der Waals surface area contributed by atoms with Gasteiger partial charge in [-0.3, -0.25) is 0 Å². The van der Waals surface area contributed by atoms with Gasteiger partial charge in [-0.15, -0.1) is 5.10 Å². The minimum absolute atomic E-state index is 0.0739. The first kappa shape index (κ1) is 14.0. The molecule has 19 heavy (non-hydrogen) atoms. The summed E-state index contributed by atoms with van der Waals surface area (Å²) in [5.74, 6) is 0.889. The number of hydrogen-bond acceptors (Lipinski definition) is 5. The molecule has 0 radical (unpaired) electrons. The molecule has 1 N–H and O–H groups in total. The van der Waals surface area contributed by atoms with E-state index in [0.29, 0.717) is 0 Å². The summed E-state index contributed by atoms with van der Waals surface area (Å²) < 4.78 is 9.55. The van der Waals surface area contributed by atoms with Gasteiger partial charge in [-0.2, -0.15) is 0 Å². The summed E-state index contributed by atoms with van der Waals surface area (Å²) in [6.07, 6.45) is 0.887. The molecule has 0 aliphatic rings. The highest BCUT2D eigenvalue weighted by Crippen LogP contribution is 2.33. The molecule has 0 fully saturated rings. The normalized spacial score (nSPS) is 12.4. The van der Waals surface area contributed by atoms with Crippen LogP contribution in [-0.2, 0) is 6.42 Å². The van der Waals surface area contributed by atoms with Crippen LogP contribution in [0.2, 0.25) is 0 Å². The van der Waals surface area contributed by atoms with Crippen LogP contribution in [0.4, 0.5) is 0 Å². The van der Waals surface area contributed by atoms with Gasteiger partial charge in [-0.05, 0) is 38.0 Å². The number of nitrogens with one attached hydrogen (secondary N) is 1. The van der Waals surface area contributed by atoms with Gasteiger partial charge in [0.25, 0.3) is 0 Å². The van der Waals surface area contributed by atoms with E-state index in [9.17, 15) is 0 Å². The van der Waals surface area contributed by atoms with Gasteiger partial charge >= 0.3 is 0 Å². The summed E-state index contributed by atoms with van der Waals surface area (Å²) in [7, 11) is 3.65.